The van der Waals surface area contributed by atoms with Crippen LogP contribution in [0.1, 0.15) is 37.2 Å². The summed E-state index contributed by atoms with van der Waals surface area (Å²) in [5.41, 5.74) is 4.06. The number of aromatic nitrogens is 3. The number of hydrogen-bond donors (Lipinski definition) is 1. The lowest BCUT2D eigenvalue weighted by molar-refractivity contribution is 0.101. The Kier molecular flexibility index (Phi) is 6.36. The Balaban J connectivity index is 1.38. The van der Waals surface area contributed by atoms with Crippen molar-refractivity contribution in [3.8, 4) is 11.3 Å². The standard InChI is InChI=1S/C30H29N5O4/c1-18(2)35-17-23(21-6-4-5-7-25(21)35)24-10-11-31-30(33-24)32-20-8-9-22-26(16-20)39-29(37)27(19(3)36)28(22)34-12-14-38-15-13-34/h4-11,16-18H,12-15H2,1-3H3,(H,31,32,33). The number of benzene rings is 2. The Bertz CT molecular complexity index is 1770. The van der Waals surface area contributed by atoms with Crippen molar-refractivity contribution in [3.63, 3.8) is 0 Å². The zero-order valence-corrected chi connectivity index (χ0v) is 22.1. The van der Waals surface area contributed by atoms with E-state index in [-0.39, 0.29) is 11.3 Å². The second-order valence-corrected chi connectivity index (χ2v) is 9.93. The van der Waals surface area contributed by atoms with Crippen molar-refractivity contribution in [2.75, 3.05) is 36.5 Å². The van der Waals surface area contributed by atoms with Gasteiger partial charge in [0.2, 0.25) is 5.95 Å². The summed E-state index contributed by atoms with van der Waals surface area (Å²) in [7, 11) is 0. The number of ketones is 1. The molecule has 6 rings (SSSR count). The average Bonchev–Trinajstić information content (AvgIpc) is 3.33. The van der Waals surface area contributed by atoms with Crippen molar-refractivity contribution >= 4 is 45.0 Å². The van der Waals surface area contributed by atoms with Crippen molar-refractivity contribution in [1.29, 1.82) is 0 Å². The molecule has 0 unspecified atom stereocenters. The van der Waals surface area contributed by atoms with E-state index in [1.54, 1.807) is 12.3 Å². The summed E-state index contributed by atoms with van der Waals surface area (Å²) in [6.07, 6.45) is 3.86. The molecule has 0 aliphatic carbocycles. The molecule has 0 radical (unpaired) electrons. The van der Waals surface area contributed by atoms with Gasteiger partial charge in [0.25, 0.3) is 0 Å². The summed E-state index contributed by atoms with van der Waals surface area (Å²) in [5, 5.41) is 5.07. The van der Waals surface area contributed by atoms with Crippen LogP contribution in [0.5, 0.6) is 0 Å². The number of rotatable bonds is 6. The van der Waals surface area contributed by atoms with Crippen LogP contribution in [-0.2, 0) is 4.74 Å². The predicted octanol–water partition coefficient (Wildman–Crippen LogP) is 5.57. The SMILES string of the molecule is CC(=O)c1c(N2CCOCC2)c2ccc(Nc3nccc(-c4cn(C(C)C)c5ccccc45)n3)cc2oc1=O. The lowest BCUT2D eigenvalue weighted by atomic mass is 10.1. The van der Waals surface area contributed by atoms with E-state index in [1.165, 1.54) is 6.92 Å². The highest BCUT2D eigenvalue weighted by molar-refractivity contribution is 6.07. The van der Waals surface area contributed by atoms with Crippen LogP contribution in [0.2, 0.25) is 0 Å². The number of para-hydroxylation sites is 1. The van der Waals surface area contributed by atoms with Crippen molar-refractivity contribution in [1.82, 2.24) is 14.5 Å². The number of anilines is 3. The summed E-state index contributed by atoms with van der Waals surface area (Å²) in [4.78, 5) is 36.5. The number of carbonyl (C=O) groups excluding carboxylic acids is 1. The summed E-state index contributed by atoms with van der Waals surface area (Å²) in [6.45, 7) is 7.95. The molecule has 1 N–H and O–H groups in total. The van der Waals surface area contributed by atoms with Gasteiger partial charge in [-0.3, -0.25) is 4.79 Å². The second kappa shape index (κ2) is 9.99. The molecule has 1 aliphatic rings. The van der Waals surface area contributed by atoms with Crippen LogP contribution in [0.25, 0.3) is 33.1 Å². The maximum Gasteiger partial charge on any atom is 0.349 e. The summed E-state index contributed by atoms with van der Waals surface area (Å²) in [5.74, 6) is 0.0997. The Morgan fingerprint density at radius 2 is 1.85 bits per heavy atom. The van der Waals surface area contributed by atoms with Crippen LogP contribution >= 0.6 is 0 Å². The van der Waals surface area contributed by atoms with Gasteiger partial charge in [-0.05, 0) is 45.0 Å². The van der Waals surface area contributed by atoms with Crippen molar-refractivity contribution in [2.24, 2.45) is 0 Å². The molecule has 39 heavy (non-hydrogen) atoms. The van der Waals surface area contributed by atoms with Crippen LogP contribution in [0, 0.1) is 0 Å². The normalized spacial score (nSPS) is 13.9. The van der Waals surface area contributed by atoms with Gasteiger partial charge in [-0.25, -0.2) is 14.8 Å². The third kappa shape index (κ3) is 4.55. The highest BCUT2D eigenvalue weighted by Crippen LogP contribution is 2.34. The quantitative estimate of drug-likeness (QED) is 0.228. The Morgan fingerprint density at radius 1 is 1.05 bits per heavy atom. The third-order valence-corrected chi connectivity index (χ3v) is 7.04. The van der Waals surface area contributed by atoms with Gasteiger partial charge in [-0.2, -0.15) is 0 Å². The van der Waals surface area contributed by atoms with E-state index in [0.717, 1.165) is 22.2 Å². The highest BCUT2D eigenvalue weighted by atomic mass is 16.5. The number of nitrogens with zero attached hydrogens (tertiary/aromatic N) is 4. The highest BCUT2D eigenvalue weighted by Gasteiger charge is 2.24. The van der Waals surface area contributed by atoms with E-state index >= 15 is 0 Å². The summed E-state index contributed by atoms with van der Waals surface area (Å²) < 4.78 is 13.3. The maximum absolute atomic E-state index is 12.9. The van der Waals surface area contributed by atoms with Crippen LogP contribution in [0.4, 0.5) is 17.3 Å². The molecule has 0 amide bonds. The number of hydrogen-bond acceptors (Lipinski definition) is 8. The first-order chi connectivity index (χ1) is 18.9. The minimum atomic E-state index is -0.645. The van der Waals surface area contributed by atoms with Gasteiger partial charge in [-0.15, -0.1) is 0 Å². The van der Waals surface area contributed by atoms with Crippen molar-refractivity contribution in [3.05, 3.63) is 76.9 Å². The zero-order chi connectivity index (χ0) is 27.1. The van der Waals surface area contributed by atoms with E-state index < -0.39 is 5.63 Å². The monoisotopic (exact) mass is 523 g/mol. The van der Waals surface area contributed by atoms with Gasteiger partial charge in [0.1, 0.15) is 11.1 Å². The molecule has 198 valence electrons. The van der Waals surface area contributed by atoms with Crippen LogP contribution in [0.3, 0.4) is 0 Å². The molecule has 1 aliphatic heterocycles. The molecule has 9 nitrogen and oxygen atoms in total. The van der Waals surface area contributed by atoms with Gasteiger partial charge in [-0.1, -0.05) is 18.2 Å². The first kappa shape index (κ1) is 24.8. The first-order valence-corrected chi connectivity index (χ1v) is 13.0. The fourth-order valence-electron chi connectivity index (χ4n) is 5.22. The molecule has 9 heteroatoms. The van der Waals surface area contributed by atoms with E-state index in [0.29, 0.717) is 60.6 Å². The van der Waals surface area contributed by atoms with E-state index in [1.807, 2.05) is 35.2 Å². The number of ether oxygens (including phenoxy) is 1. The molecule has 0 atom stereocenters. The lowest BCUT2D eigenvalue weighted by Gasteiger charge is -2.30. The molecular weight excluding hydrogens is 494 g/mol. The van der Waals surface area contributed by atoms with Gasteiger partial charge in [0.05, 0.1) is 24.6 Å². The number of nitrogens with one attached hydrogen (secondary N) is 1. The molecule has 4 heterocycles. The first-order valence-electron chi connectivity index (χ1n) is 13.0. The fraction of sp³-hybridized carbons (Fsp3) is 0.267. The molecule has 0 spiro atoms. The van der Waals surface area contributed by atoms with Gasteiger partial charge in [0.15, 0.2) is 5.78 Å². The van der Waals surface area contributed by atoms with Gasteiger partial charge >= 0.3 is 5.63 Å². The lowest BCUT2D eigenvalue weighted by Crippen LogP contribution is -2.38. The van der Waals surface area contributed by atoms with E-state index in [2.05, 4.69) is 47.0 Å². The smallest absolute Gasteiger partial charge is 0.349 e. The molecular formula is C30H29N5O4. The van der Waals surface area contributed by atoms with Gasteiger partial charge in [0, 0.05) is 65.1 Å². The van der Waals surface area contributed by atoms with E-state index in [4.69, 9.17) is 14.1 Å². The molecule has 3 aromatic heterocycles. The predicted molar refractivity (Wildman–Crippen MR) is 152 cm³/mol. The summed E-state index contributed by atoms with van der Waals surface area (Å²) in [6, 6.07) is 16.0. The largest absolute Gasteiger partial charge is 0.422 e. The zero-order valence-electron chi connectivity index (χ0n) is 22.1. The number of morpholine rings is 1. The molecule has 0 bridgehead atoms. The Morgan fingerprint density at radius 3 is 2.62 bits per heavy atom. The molecule has 1 fully saturated rings. The van der Waals surface area contributed by atoms with Crippen LogP contribution in [-0.4, -0.2) is 46.6 Å². The molecule has 1 saturated heterocycles. The Hall–Kier alpha value is -4.50. The topological polar surface area (TPSA) is 102 Å². The summed E-state index contributed by atoms with van der Waals surface area (Å²) >= 11 is 0. The van der Waals surface area contributed by atoms with Gasteiger partial charge < -0.3 is 23.9 Å². The minimum absolute atomic E-state index is 0.0710. The maximum atomic E-state index is 12.9. The van der Waals surface area contributed by atoms with E-state index in [9.17, 15) is 9.59 Å². The number of Topliss-reactive ketones (excluding diaryl/α,β-unsaturated/α-hetero) is 1. The van der Waals surface area contributed by atoms with Crippen molar-refractivity contribution < 1.29 is 13.9 Å². The average molecular weight is 524 g/mol. The fourth-order valence-corrected chi connectivity index (χ4v) is 5.22. The molecule has 2 aromatic carbocycles. The number of carbonyl (C=O) groups is 1. The molecule has 0 saturated carbocycles. The van der Waals surface area contributed by atoms with Crippen LogP contribution in [0.15, 0.2) is 70.1 Å². The van der Waals surface area contributed by atoms with Crippen LogP contribution < -0.4 is 15.8 Å². The third-order valence-electron chi connectivity index (χ3n) is 7.04. The minimum Gasteiger partial charge on any atom is -0.422 e. The Labute approximate surface area is 225 Å². The molecule has 5 aromatic rings. The second-order valence-electron chi connectivity index (χ2n) is 9.93. The van der Waals surface area contributed by atoms with Crippen molar-refractivity contribution in [2.45, 2.75) is 26.8 Å². The number of fused-ring (bicyclic) bond motifs is 2.